The molecule has 1 aromatic heterocycles. The van der Waals surface area contributed by atoms with E-state index < -0.39 is 6.04 Å². The fraction of sp³-hybridized carbons (Fsp3) is 0.333. The molecule has 3 atom stereocenters. The molecule has 138 valence electrons. The number of nitrogens with one attached hydrogen (secondary N) is 3. The summed E-state index contributed by atoms with van der Waals surface area (Å²) in [6, 6.07) is 10.9. The lowest BCUT2D eigenvalue weighted by atomic mass is 10.0. The Kier molecular flexibility index (Phi) is 6.42. The number of carbonyl (C=O) groups is 2. The summed E-state index contributed by atoms with van der Waals surface area (Å²) in [5.41, 5.74) is 7.07. The summed E-state index contributed by atoms with van der Waals surface area (Å²) in [6.07, 6.45) is 0.732. The van der Waals surface area contributed by atoms with E-state index in [1.54, 1.807) is 11.3 Å². The van der Waals surface area contributed by atoms with Gasteiger partial charge >= 0.3 is 5.97 Å². The van der Waals surface area contributed by atoms with Crippen molar-refractivity contribution in [1.29, 1.82) is 0 Å². The van der Waals surface area contributed by atoms with Gasteiger partial charge in [0.25, 0.3) is 0 Å². The predicted molar refractivity (Wildman–Crippen MR) is 103 cm³/mol. The topological polar surface area (TPSA) is 79.5 Å². The molecule has 0 bridgehead atoms. The molecule has 0 spiro atoms. The molecule has 3 unspecified atom stereocenters. The van der Waals surface area contributed by atoms with Crippen LogP contribution in [-0.2, 0) is 14.3 Å². The highest BCUT2D eigenvalue weighted by atomic mass is 79.9. The molecule has 2 heterocycles. The Bertz CT molecular complexity index is 752. The van der Waals surface area contributed by atoms with E-state index in [0.717, 1.165) is 10.0 Å². The minimum Gasteiger partial charge on any atom is -0.469 e. The second-order valence-electron chi connectivity index (χ2n) is 6.04. The number of halogens is 1. The second kappa shape index (κ2) is 8.77. The van der Waals surface area contributed by atoms with Crippen LogP contribution in [0.15, 0.2) is 46.3 Å². The van der Waals surface area contributed by atoms with Crippen LogP contribution < -0.4 is 16.2 Å². The summed E-state index contributed by atoms with van der Waals surface area (Å²) in [5, 5.41) is 4.99. The average molecular weight is 438 g/mol. The second-order valence-corrected chi connectivity index (χ2v) is 7.93. The molecule has 0 radical (unpaired) electrons. The number of rotatable bonds is 6. The van der Waals surface area contributed by atoms with Crippen molar-refractivity contribution in [2.45, 2.75) is 31.0 Å². The fourth-order valence-corrected chi connectivity index (χ4v) is 3.93. The van der Waals surface area contributed by atoms with E-state index in [2.05, 4.69) is 32.1 Å². The van der Waals surface area contributed by atoms with E-state index in [0.29, 0.717) is 6.42 Å². The third-order valence-electron chi connectivity index (χ3n) is 4.29. The molecule has 26 heavy (non-hydrogen) atoms. The van der Waals surface area contributed by atoms with Gasteiger partial charge in [-0.1, -0.05) is 34.1 Å². The van der Waals surface area contributed by atoms with Crippen molar-refractivity contribution in [3.8, 4) is 0 Å². The maximum atomic E-state index is 12.7. The van der Waals surface area contributed by atoms with Gasteiger partial charge in [-0.25, -0.2) is 10.9 Å². The van der Waals surface area contributed by atoms with Crippen molar-refractivity contribution in [1.82, 2.24) is 16.2 Å². The smallest absolute Gasteiger partial charge is 0.307 e. The molecule has 0 aliphatic carbocycles. The van der Waals surface area contributed by atoms with E-state index in [4.69, 9.17) is 4.74 Å². The van der Waals surface area contributed by atoms with Gasteiger partial charge < -0.3 is 10.1 Å². The molecule has 3 rings (SSSR count). The Morgan fingerprint density at radius 1 is 1.31 bits per heavy atom. The van der Waals surface area contributed by atoms with Gasteiger partial charge in [-0.15, -0.1) is 11.3 Å². The van der Waals surface area contributed by atoms with Gasteiger partial charge in [-0.05, 0) is 35.6 Å². The molecule has 1 aliphatic heterocycles. The molecule has 6 nitrogen and oxygen atoms in total. The Hall–Kier alpha value is -1.74. The van der Waals surface area contributed by atoms with E-state index in [9.17, 15) is 9.59 Å². The first-order valence-corrected chi connectivity index (χ1v) is 9.91. The van der Waals surface area contributed by atoms with Crippen LogP contribution in [0.1, 0.15) is 35.4 Å². The van der Waals surface area contributed by atoms with Crippen LogP contribution in [-0.4, -0.2) is 25.0 Å². The van der Waals surface area contributed by atoms with Gasteiger partial charge in [0.15, 0.2) is 0 Å². The molecule has 2 aromatic rings. The summed E-state index contributed by atoms with van der Waals surface area (Å²) < 4.78 is 5.71. The molecule has 3 N–H and O–H groups in total. The first kappa shape index (κ1) is 19.0. The maximum absolute atomic E-state index is 12.7. The van der Waals surface area contributed by atoms with Crippen molar-refractivity contribution in [2.24, 2.45) is 0 Å². The Morgan fingerprint density at radius 3 is 2.73 bits per heavy atom. The minimum absolute atomic E-state index is 0.0817. The highest BCUT2D eigenvalue weighted by molar-refractivity contribution is 9.10. The summed E-state index contributed by atoms with van der Waals surface area (Å²) in [5.74, 6) is -0.513. The van der Waals surface area contributed by atoms with Crippen LogP contribution >= 0.6 is 27.3 Å². The number of ether oxygens (including phenoxy) is 1. The van der Waals surface area contributed by atoms with Gasteiger partial charge in [0.1, 0.15) is 6.04 Å². The summed E-state index contributed by atoms with van der Waals surface area (Å²) in [7, 11) is 1.34. The van der Waals surface area contributed by atoms with E-state index in [-0.39, 0.29) is 30.4 Å². The molecular formula is C18H20BrN3O3S. The highest BCUT2D eigenvalue weighted by Gasteiger charge is 2.32. The largest absolute Gasteiger partial charge is 0.469 e. The molecule has 1 fully saturated rings. The van der Waals surface area contributed by atoms with Gasteiger partial charge in [0.05, 0.1) is 25.6 Å². The number of hydrogen-bond acceptors (Lipinski definition) is 6. The minimum atomic E-state index is -0.439. The number of methoxy groups -OCH3 is 1. The van der Waals surface area contributed by atoms with Crippen LogP contribution in [0, 0.1) is 0 Å². The van der Waals surface area contributed by atoms with Crippen molar-refractivity contribution >= 4 is 39.1 Å². The van der Waals surface area contributed by atoms with Crippen LogP contribution in [0.3, 0.4) is 0 Å². The van der Waals surface area contributed by atoms with Crippen molar-refractivity contribution in [2.75, 3.05) is 7.11 Å². The molecule has 1 aromatic carbocycles. The normalized spacial score (nSPS) is 20.5. The van der Waals surface area contributed by atoms with E-state index in [1.807, 2.05) is 41.8 Å². The lowest BCUT2D eigenvalue weighted by molar-refractivity contribution is -0.141. The quantitative estimate of drug-likeness (QED) is 0.605. The zero-order valence-electron chi connectivity index (χ0n) is 14.2. The summed E-state index contributed by atoms with van der Waals surface area (Å²) in [6.45, 7) is 0. The van der Waals surface area contributed by atoms with Crippen molar-refractivity contribution in [3.05, 3.63) is 56.7 Å². The lowest BCUT2D eigenvalue weighted by Gasteiger charge is -2.20. The van der Waals surface area contributed by atoms with Crippen LogP contribution in [0.4, 0.5) is 0 Å². The summed E-state index contributed by atoms with van der Waals surface area (Å²) >= 11 is 5.05. The molecule has 1 saturated heterocycles. The SMILES string of the molecule is COC(=O)CC(NC(=O)C1CC(c2cccs2)NN1)c1ccc(Br)cc1. The first-order valence-electron chi connectivity index (χ1n) is 8.24. The fourth-order valence-electron chi connectivity index (χ4n) is 2.87. The first-order chi connectivity index (χ1) is 12.6. The zero-order chi connectivity index (χ0) is 18.5. The van der Waals surface area contributed by atoms with Gasteiger partial charge in [-0.3, -0.25) is 9.59 Å². The number of hydrogen-bond donors (Lipinski definition) is 3. The van der Waals surface area contributed by atoms with Gasteiger partial charge in [-0.2, -0.15) is 0 Å². The van der Waals surface area contributed by atoms with Gasteiger partial charge in [0.2, 0.25) is 5.91 Å². The molecular weight excluding hydrogens is 418 g/mol. The molecule has 1 aliphatic rings. The van der Waals surface area contributed by atoms with Gasteiger partial charge in [0, 0.05) is 9.35 Å². The number of benzene rings is 1. The number of carbonyl (C=O) groups excluding carboxylic acids is 2. The molecule has 1 amide bonds. The zero-order valence-corrected chi connectivity index (χ0v) is 16.6. The van der Waals surface area contributed by atoms with Crippen LogP contribution in [0.5, 0.6) is 0 Å². The van der Waals surface area contributed by atoms with E-state index >= 15 is 0 Å². The molecule has 8 heteroatoms. The number of esters is 1. The Labute approximate surface area is 164 Å². The molecule has 0 saturated carbocycles. The Morgan fingerprint density at radius 2 is 2.08 bits per heavy atom. The third kappa shape index (κ3) is 4.70. The predicted octanol–water partition coefficient (Wildman–Crippen LogP) is 2.84. The maximum Gasteiger partial charge on any atom is 0.307 e. The third-order valence-corrected chi connectivity index (χ3v) is 5.81. The van der Waals surface area contributed by atoms with Crippen molar-refractivity contribution < 1.29 is 14.3 Å². The van der Waals surface area contributed by atoms with Crippen LogP contribution in [0.2, 0.25) is 0 Å². The van der Waals surface area contributed by atoms with Crippen molar-refractivity contribution in [3.63, 3.8) is 0 Å². The number of thiophene rings is 1. The Balaban J connectivity index is 1.67. The number of hydrazine groups is 1. The summed E-state index contributed by atoms with van der Waals surface area (Å²) in [4.78, 5) is 25.7. The average Bonchev–Trinajstić information content (AvgIpc) is 3.33. The van der Waals surface area contributed by atoms with Crippen LogP contribution in [0.25, 0.3) is 0 Å². The number of amides is 1. The van der Waals surface area contributed by atoms with E-state index in [1.165, 1.54) is 12.0 Å². The monoisotopic (exact) mass is 437 g/mol. The standard InChI is InChI=1S/C18H20BrN3O3S/c1-25-17(23)10-13(11-4-6-12(19)7-5-11)20-18(24)15-9-14(21-22-15)16-3-2-8-26-16/h2-8,13-15,21-22H,9-10H2,1H3,(H,20,24). The lowest BCUT2D eigenvalue weighted by Crippen LogP contribution is -2.44. The highest BCUT2D eigenvalue weighted by Crippen LogP contribution is 2.27.